The Kier molecular flexibility index (Phi) is 6.27. The summed E-state index contributed by atoms with van der Waals surface area (Å²) in [6.07, 6.45) is 5.18. The number of anilines is 1. The molecule has 0 spiro atoms. The lowest BCUT2D eigenvalue weighted by Crippen LogP contribution is -2.29. The van der Waals surface area contributed by atoms with Gasteiger partial charge in [0.25, 0.3) is 5.56 Å². The Labute approximate surface area is 190 Å². The van der Waals surface area contributed by atoms with Crippen molar-refractivity contribution in [3.8, 4) is 16.8 Å². The molecule has 172 valence electrons. The smallest absolute Gasteiger partial charge is 0.321 e. The number of carbonyl (C=O) groups excluding carboxylic acids is 1. The fraction of sp³-hybridized carbons (Fsp3) is 0.304. The van der Waals surface area contributed by atoms with Crippen LogP contribution in [0.3, 0.4) is 0 Å². The number of H-pyrrole nitrogens is 1. The van der Waals surface area contributed by atoms with E-state index in [4.69, 9.17) is 4.74 Å². The fourth-order valence-electron chi connectivity index (χ4n) is 3.65. The summed E-state index contributed by atoms with van der Waals surface area (Å²) in [5, 5.41) is 9.71. The molecule has 2 atom stereocenters. The lowest BCUT2D eigenvalue weighted by Gasteiger charge is -2.21. The summed E-state index contributed by atoms with van der Waals surface area (Å²) in [5.41, 5.74) is 3.53. The number of amides is 2. The predicted molar refractivity (Wildman–Crippen MR) is 127 cm³/mol. The number of imidazole rings is 1. The highest BCUT2D eigenvalue weighted by molar-refractivity contribution is 5.94. The number of methoxy groups -OCH3 is 1. The summed E-state index contributed by atoms with van der Waals surface area (Å²) in [7, 11) is 1.63. The highest BCUT2D eigenvalue weighted by Crippen LogP contribution is 2.29. The standard InChI is InChI=1S/C23H27N7O3/c1-5-24-23(32)28-22-26-18-11-17(12-19(21(18)27-22)30-9-6-8-25-30)16-7-10-29(20(31)13-16)14(2)15(3)33-4/h6-15H,5H2,1-4H3,(H3,24,26,27,28,32)/t14?,15-/m0/s1. The number of hydrogen-bond acceptors (Lipinski definition) is 5. The van der Waals surface area contributed by atoms with E-state index in [-0.39, 0.29) is 23.7 Å². The van der Waals surface area contributed by atoms with Gasteiger partial charge in [-0.1, -0.05) is 0 Å². The summed E-state index contributed by atoms with van der Waals surface area (Å²) >= 11 is 0. The second kappa shape index (κ2) is 9.29. The number of aromatic nitrogens is 5. The summed E-state index contributed by atoms with van der Waals surface area (Å²) in [4.78, 5) is 32.5. The van der Waals surface area contributed by atoms with Crippen molar-refractivity contribution in [2.45, 2.75) is 32.9 Å². The minimum atomic E-state index is -0.347. The van der Waals surface area contributed by atoms with Crippen molar-refractivity contribution in [3.05, 3.63) is 59.3 Å². The molecule has 3 aromatic heterocycles. The molecular weight excluding hydrogens is 422 g/mol. The second-order valence-electron chi connectivity index (χ2n) is 7.75. The van der Waals surface area contributed by atoms with Crippen molar-refractivity contribution in [1.82, 2.24) is 29.6 Å². The van der Waals surface area contributed by atoms with E-state index in [0.29, 0.717) is 23.5 Å². The van der Waals surface area contributed by atoms with Gasteiger partial charge in [0, 0.05) is 38.3 Å². The molecule has 3 heterocycles. The van der Waals surface area contributed by atoms with Gasteiger partial charge in [-0.3, -0.25) is 10.1 Å². The molecule has 0 aliphatic rings. The van der Waals surface area contributed by atoms with E-state index in [2.05, 4.69) is 25.7 Å². The summed E-state index contributed by atoms with van der Waals surface area (Å²) in [6, 6.07) is 8.70. The monoisotopic (exact) mass is 449 g/mol. The van der Waals surface area contributed by atoms with E-state index in [9.17, 15) is 9.59 Å². The number of fused-ring (bicyclic) bond motifs is 1. The average Bonchev–Trinajstić information content (AvgIpc) is 3.47. The summed E-state index contributed by atoms with van der Waals surface area (Å²) < 4.78 is 8.73. The Morgan fingerprint density at radius 1 is 1.21 bits per heavy atom. The van der Waals surface area contributed by atoms with E-state index in [0.717, 1.165) is 16.8 Å². The maximum atomic E-state index is 12.9. The SMILES string of the molecule is CCNC(=O)Nc1nc2c(-n3cccn3)cc(-c3ccn(C(C)[C@H](C)OC)c(=O)c3)cc2[nH]1. The van der Waals surface area contributed by atoms with Crippen molar-refractivity contribution in [3.63, 3.8) is 0 Å². The molecule has 0 radical (unpaired) electrons. The molecule has 3 N–H and O–H groups in total. The molecule has 2 amide bonds. The largest absolute Gasteiger partial charge is 0.380 e. The molecule has 0 saturated heterocycles. The van der Waals surface area contributed by atoms with Crippen LogP contribution in [0.4, 0.5) is 10.7 Å². The number of aromatic amines is 1. The number of carbonyl (C=O) groups is 1. The van der Waals surface area contributed by atoms with Crippen LogP contribution in [0.2, 0.25) is 0 Å². The fourth-order valence-corrected chi connectivity index (χ4v) is 3.65. The molecule has 0 fully saturated rings. The van der Waals surface area contributed by atoms with Gasteiger partial charge in [0.15, 0.2) is 0 Å². The van der Waals surface area contributed by atoms with Gasteiger partial charge in [0.1, 0.15) is 5.52 Å². The van der Waals surface area contributed by atoms with Crippen molar-refractivity contribution < 1.29 is 9.53 Å². The summed E-state index contributed by atoms with van der Waals surface area (Å²) in [5.74, 6) is 0.319. The number of hydrogen-bond donors (Lipinski definition) is 3. The van der Waals surface area contributed by atoms with Crippen LogP contribution in [-0.4, -0.2) is 50.1 Å². The first kappa shape index (κ1) is 22.3. The van der Waals surface area contributed by atoms with Crippen molar-refractivity contribution in [2.24, 2.45) is 0 Å². The van der Waals surface area contributed by atoms with Crippen molar-refractivity contribution in [2.75, 3.05) is 19.0 Å². The third-order valence-electron chi connectivity index (χ3n) is 5.66. The maximum absolute atomic E-state index is 12.9. The molecule has 10 heteroatoms. The number of ether oxygens (including phenoxy) is 1. The highest BCUT2D eigenvalue weighted by Gasteiger charge is 2.17. The average molecular weight is 450 g/mol. The Bertz CT molecular complexity index is 1320. The molecule has 1 aromatic carbocycles. The third-order valence-corrected chi connectivity index (χ3v) is 5.66. The van der Waals surface area contributed by atoms with E-state index >= 15 is 0 Å². The first-order valence-electron chi connectivity index (χ1n) is 10.7. The van der Waals surface area contributed by atoms with Crippen LogP contribution in [0.25, 0.3) is 27.8 Å². The van der Waals surface area contributed by atoms with Crippen LogP contribution in [0.5, 0.6) is 0 Å². The molecule has 4 aromatic rings. The zero-order chi connectivity index (χ0) is 23.5. The Balaban J connectivity index is 1.79. The first-order valence-corrected chi connectivity index (χ1v) is 10.7. The quantitative estimate of drug-likeness (QED) is 0.400. The highest BCUT2D eigenvalue weighted by atomic mass is 16.5. The van der Waals surface area contributed by atoms with E-state index in [1.165, 1.54) is 0 Å². The van der Waals surface area contributed by atoms with Gasteiger partial charge in [-0.15, -0.1) is 0 Å². The van der Waals surface area contributed by atoms with E-state index < -0.39 is 0 Å². The second-order valence-corrected chi connectivity index (χ2v) is 7.75. The molecule has 33 heavy (non-hydrogen) atoms. The normalized spacial score (nSPS) is 13.1. The van der Waals surface area contributed by atoms with Gasteiger partial charge < -0.3 is 19.6 Å². The molecule has 4 rings (SSSR count). The Morgan fingerprint density at radius 2 is 2.03 bits per heavy atom. The molecule has 0 aliphatic heterocycles. The van der Waals surface area contributed by atoms with Gasteiger partial charge in [-0.25, -0.2) is 14.5 Å². The van der Waals surface area contributed by atoms with Crippen molar-refractivity contribution in [1.29, 1.82) is 0 Å². The predicted octanol–water partition coefficient (Wildman–Crippen LogP) is 3.31. The number of urea groups is 1. The molecule has 0 aliphatic carbocycles. The van der Waals surface area contributed by atoms with Gasteiger partial charge in [0.2, 0.25) is 5.95 Å². The van der Waals surface area contributed by atoms with Crippen LogP contribution in [0, 0.1) is 0 Å². The minimum Gasteiger partial charge on any atom is -0.380 e. The lowest BCUT2D eigenvalue weighted by atomic mass is 10.0. The van der Waals surface area contributed by atoms with Crippen LogP contribution in [0.15, 0.2) is 53.7 Å². The number of nitrogens with zero attached hydrogens (tertiary/aromatic N) is 4. The number of benzene rings is 1. The van der Waals surface area contributed by atoms with E-state index in [1.807, 2.05) is 51.2 Å². The Hall–Kier alpha value is -3.92. The van der Waals surface area contributed by atoms with Gasteiger partial charge >= 0.3 is 6.03 Å². The van der Waals surface area contributed by atoms with Crippen LogP contribution in [-0.2, 0) is 4.74 Å². The number of pyridine rings is 1. The van der Waals surface area contributed by atoms with Crippen LogP contribution in [0.1, 0.15) is 26.8 Å². The summed E-state index contributed by atoms with van der Waals surface area (Å²) in [6.45, 7) is 6.22. The zero-order valence-corrected chi connectivity index (χ0v) is 19.0. The van der Waals surface area contributed by atoms with Gasteiger partial charge in [0.05, 0.1) is 23.3 Å². The van der Waals surface area contributed by atoms with Gasteiger partial charge in [-0.05, 0) is 56.2 Å². The van der Waals surface area contributed by atoms with Gasteiger partial charge in [-0.2, -0.15) is 5.10 Å². The zero-order valence-electron chi connectivity index (χ0n) is 19.0. The lowest BCUT2D eigenvalue weighted by molar-refractivity contribution is 0.0765. The molecular formula is C23H27N7O3. The minimum absolute atomic E-state index is 0.0999. The molecule has 10 nitrogen and oxygen atoms in total. The maximum Gasteiger partial charge on any atom is 0.321 e. The Morgan fingerprint density at radius 3 is 2.70 bits per heavy atom. The van der Waals surface area contributed by atoms with E-state index in [1.54, 1.807) is 34.8 Å². The molecule has 0 bridgehead atoms. The van der Waals surface area contributed by atoms with Crippen LogP contribution < -0.4 is 16.2 Å². The molecule has 0 saturated carbocycles. The van der Waals surface area contributed by atoms with Crippen LogP contribution >= 0.6 is 0 Å². The van der Waals surface area contributed by atoms with Crippen molar-refractivity contribution >= 4 is 23.0 Å². The number of rotatable bonds is 7. The third kappa shape index (κ3) is 4.51. The first-order chi connectivity index (χ1) is 15.9. The molecule has 1 unspecified atom stereocenters. The topological polar surface area (TPSA) is 119 Å². The number of nitrogens with one attached hydrogen (secondary N) is 3.